The fourth-order valence-electron chi connectivity index (χ4n) is 1.46. The summed E-state index contributed by atoms with van der Waals surface area (Å²) < 4.78 is 0. The number of carbonyl (C=O) groups is 4. The van der Waals surface area contributed by atoms with Gasteiger partial charge >= 0.3 is 71.1 Å². The molecular formula is C10H14CuN2Na2O8. The summed E-state index contributed by atoms with van der Waals surface area (Å²) in [4.78, 5) is 43.9. The van der Waals surface area contributed by atoms with Crippen molar-refractivity contribution in [3.05, 3.63) is 0 Å². The van der Waals surface area contributed by atoms with Gasteiger partial charge in [-0.1, -0.05) is 0 Å². The Morgan fingerprint density at radius 1 is 0.696 bits per heavy atom. The molecule has 0 unspecified atom stereocenters. The molecule has 0 aromatic carbocycles. The van der Waals surface area contributed by atoms with Gasteiger partial charge in [-0.05, 0) is 0 Å². The van der Waals surface area contributed by atoms with Gasteiger partial charge in [0.2, 0.25) is 0 Å². The minimum atomic E-state index is -1.49. The van der Waals surface area contributed by atoms with Gasteiger partial charge in [0.05, 0.1) is 25.0 Å². The molecule has 23 heavy (non-hydrogen) atoms. The zero-order chi connectivity index (χ0) is 15.7. The van der Waals surface area contributed by atoms with E-state index in [2.05, 4.69) is 0 Å². The third-order valence-corrected chi connectivity index (χ3v) is 2.16. The topological polar surface area (TPSA) is 161 Å². The predicted octanol–water partition coefficient (Wildman–Crippen LogP) is -10.7. The molecule has 0 saturated carbocycles. The number of rotatable bonds is 11. The molecule has 0 atom stereocenters. The Balaban J connectivity index is -0.000000602. The average Bonchev–Trinajstić information content (AvgIpc) is 2.22. The van der Waals surface area contributed by atoms with E-state index in [9.17, 15) is 29.4 Å². The zero-order valence-corrected chi connectivity index (χ0v) is 17.7. The second-order valence-corrected chi connectivity index (χ2v) is 3.95. The molecule has 0 saturated heterocycles. The summed E-state index contributed by atoms with van der Waals surface area (Å²) in [6.45, 7) is -2.75. The monoisotopic (exact) mass is 399 g/mol. The van der Waals surface area contributed by atoms with Gasteiger partial charge in [0.1, 0.15) is 0 Å². The summed E-state index contributed by atoms with van der Waals surface area (Å²) in [6.07, 6.45) is 0. The van der Waals surface area contributed by atoms with Crippen LogP contribution in [0.25, 0.3) is 0 Å². The van der Waals surface area contributed by atoms with E-state index in [-0.39, 0.29) is 89.3 Å². The average molecular weight is 400 g/mol. The van der Waals surface area contributed by atoms with Crippen LogP contribution in [0.3, 0.4) is 0 Å². The third-order valence-electron chi connectivity index (χ3n) is 2.16. The zero-order valence-electron chi connectivity index (χ0n) is 12.8. The van der Waals surface area contributed by atoms with Gasteiger partial charge in [-0.3, -0.25) is 19.4 Å². The van der Waals surface area contributed by atoms with E-state index in [0.717, 1.165) is 9.80 Å². The number of carbonyl (C=O) groups excluding carboxylic acids is 2. The van der Waals surface area contributed by atoms with Gasteiger partial charge < -0.3 is 30.0 Å². The van der Waals surface area contributed by atoms with Crippen LogP contribution in [0.4, 0.5) is 0 Å². The van der Waals surface area contributed by atoms with Crippen LogP contribution in [-0.2, 0) is 36.2 Å². The van der Waals surface area contributed by atoms with E-state index in [1.807, 2.05) is 0 Å². The number of nitrogens with zero attached hydrogens (tertiary/aromatic N) is 2. The molecule has 0 spiro atoms. The number of hydrogen-bond acceptors (Lipinski definition) is 8. The quantitative estimate of drug-likeness (QED) is 0.319. The Morgan fingerprint density at radius 2 is 0.957 bits per heavy atom. The van der Waals surface area contributed by atoms with Gasteiger partial charge in [-0.15, -0.1) is 0 Å². The molecule has 0 aliphatic rings. The van der Waals surface area contributed by atoms with Crippen LogP contribution in [-0.4, -0.2) is 83.2 Å². The first-order valence-corrected chi connectivity index (χ1v) is 5.48. The molecular weight excluding hydrogens is 386 g/mol. The summed E-state index contributed by atoms with van der Waals surface area (Å²) in [5, 5.41) is 38.0. The van der Waals surface area contributed by atoms with Gasteiger partial charge in [0, 0.05) is 43.2 Å². The Labute approximate surface area is 187 Å². The van der Waals surface area contributed by atoms with Gasteiger partial charge in [-0.2, -0.15) is 0 Å². The Hall–Kier alpha value is 0.319. The normalized spacial score (nSPS) is 9.30. The first-order valence-electron chi connectivity index (χ1n) is 5.48. The van der Waals surface area contributed by atoms with Crippen LogP contribution in [0.15, 0.2) is 0 Å². The maximum absolute atomic E-state index is 10.5. The van der Waals surface area contributed by atoms with Gasteiger partial charge in [0.25, 0.3) is 0 Å². The summed E-state index contributed by atoms with van der Waals surface area (Å²) in [7, 11) is 0. The van der Waals surface area contributed by atoms with Crippen LogP contribution < -0.4 is 69.3 Å². The van der Waals surface area contributed by atoms with Crippen molar-refractivity contribution in [3.8, 4) is 0 Å². The Kier molecular flexibility index (Phi) is 23.2. The molecule has 0 amide bonds. The molecule has 0 aliphatic heterocycles. The molecule has 0 heterocycles. The summed E-state index contributed by atoms with van der Waals surface area (Å²) >= 11 is 0. The Morgan fingerprint density at radius 3 is 1.13 bits per heavy atom. The molecule has 10 nitrogen and oxygen atoms in total. The number of carboxylic acid groups (broad SMARTS) is 4. The molecule has 1 radical (unpaired) electrons. The van der Waals surface area contributed by atoms with Crippen molar-refractivity contribution < 1.29 is 116 Å². The molecule has 0 rings (SSSR count). The van der Waals surface area contributed by atoms with Crippen molar-refractivity contribution in [3.63, 3.8) is 0 Å². The van der Waals surface area contributed by atoms with Crippen LogP contribution in [0.1, 0.15) is 0 Å². The maximum atomic E-state index is 10.5. The summed E-state index contributed by atoms with van der Waals surface area (Å²) in [5.74, 6) is -5.52. The van der Waals surface area contributed by atoms with E-state index >= 15 is 0 Å². The van der Waals surface area contributed by atoms with Crippen LogP contribution >= 0.6 is 0 Å². The fourth-order valence-corrected chi connectivity index (χ4v) is 1.46. The van der Waals surface area contributed by atoms with E-state index in [4.69, 9.17) is 10.2 Å². The maximum Gasteiger partial charge on any atom is 1.00 e. The van der Waals surface area contributed by atoms with Crippen molar-refractivity contribution in [2.75, 3.05) is 39.3 Å². The van der Waals surface area contributed by atoms with Gasteiger partial charge in [-0.25, -0.2) is 0 Å². The second-order valence-electron chi connectivity index (χ2n) is 3.95. The van der Waals surface area contributed by atoms with E-state index < -0.39 is 50.1 Å². The summed E-state index contributed by atoms with van der Waals surface area (Å²) in [5.41, 5.74) is 0. The molecule has 0 aromatic rings. The molecule has 0 fully saturated rings. The molecule has 125 valence electrons. The molecule has 0 aromatic heterocycles. The van der Waals surface area contributed by atoms with Crippen molar-refractivity contribution in [1.29, 1.82) is 0 Å². The molecule has 0 aliphatic carbocycles. The van der Waals surface area contributed by atoms with Crippen molar-refractivity contribution in [2.45, 2.75) is 0 Å². The minimum Gasteiger partial charge on any atom is -0.549 e. The van der Waals surface area contributed by atoms with Crippen molar-refractivity contribution in [2.24, 2.45) is 0 Å². The number of carboxylic acids is 4. The number of aliphatic carboxylic acids is 4. The van der Waals surface area contributed by atoms with Crippen molar-refractivity contribution >= 4 is 23.9 Å². The van der Waals surface area contributed by atoms with E-state index in [1.54, 1.807) is 0 Å². The SMILES string of the molecule is O=C([O-])CN(CCN(CC(=O)[O-])CC(=O)O)CC(=O)O.[Cu].[Na+].[Na+]. The van der Waals surface area contributed by atoms with E-state index in [0.29, 0.717) is 0 Å². The largest absolute Gasteiger partial charge is 1.00 e. The predicted molar refractivity (Wildman–Crippen MR) is 58.2 cm³/mol. The molecule has 0 bridgehead atoms. The minimum absolute atomic E-state index is 0. The standard InChI is InChI=1S/C10H16N2O8.Cu.2Na/c13-7(14)3-11(4-8(15)16)1-2-12(5-9(17)18)6-10(19)20;;;/h1-6H2,(H,13,14)(H,15,16)(H,17,18)(H,19,20);;;/q;;2*+1/p-2. The molecule has 2 N–H and O–H groups in total. The fraction of sp³-hybridized carbons (Fsp3) is 0.600. The van der Waals surface area contributed by atoms with Crippen LogP contribution in [0, 0.1) is 0 Å². The van der Waals surface area contributed by atoms with Crippen LogP contribution in [0.5, 0.6) is 0 Å². The third kappa shape index (κ3) is 20.3. The number of hydrogen-bond donors (Lipinski definition) is 2. The van der Waals surface area contributed by atoms with Crippen molar-refractivity contribution in [1.82, 2.24) is 9.80 Å². The first kappa shape index (κ1) is 31.1. The molecule has 13 heteroatoms. The van der Waals surface area contributed by atoms with E-state index in [1.165, 1.54) is 0 Å². The Bertz CT molecular complexity index is 331. The first-order chi connectivity index (χ1) is 9.20. The second kappa shape index (κ2) is 17.2. The van der Waals surface area contributed by atoms with Gasteiger partial charge in [0.15, 0.2) is 0 Å². The van der Waals surface area contributed by atoms with Crippen LogP contribution in [0.2, 0.25) is 0 Å². The summed E-state index contributed by atoms with van der Waals surface area (Å²) in [6, 6.07) is 0. The smallest absolute Gasteiger partial charge is 0.549 e.